The molecular weight excluding hydrogens is 485 g/mol. The van der Waals surface area contributed by atoms with E-state index in [0.717, 1.165) is 29.1 Å². The van der Waals surface area contributed by atoms with E-state index in [1.165, 1.54) is 6.07 Å². The summed E-state index contributed by atoms with van der Waals surface area (Å²) in [5.41, 5.74) is 4.04. The van der Waals surface area contributed by atoms with Crippen LogP contribution in [0.1, 0.15) is 42.4 Å². The molecular formula is C29H28FN5OS. The van der Waals surface area contributed by atoms with E-state index >= 15 is 0 Å². The zero-order valence-corrected chi connectivity index (χ0v) is 21.3. The van der Waals surface area contributed by atoms with Gasteiger partial charge in [-0.3, -0.25) is 9.78 Å². The van der Waals surface area contributed by atoms with Crippen LogP contribution in [-0.4, -0.2) is 32.0 Å². The van der Waals surface area contributed by atoms with Crippen molar-refractivity contribution < 1.29 is 9.18 Å². The number of halogens is 1. The number of thiocarbonyl (C=S) groups is 1. The minimum absolute atomic E-state index is 0.0896. The zero-order chi connectivity index (χ0) is 25.8. The molecule has 1 saturated heterocycles. The van der Waals surface area contributed by atoms with E-state index in [-0.39, 0.29) is 30.2 Å². The lowest BCUT2D eigenvalue weighted by atomic mass is 10.0. The number of anilines is 1. The van der Waals surface area contributed by atoms with Crippen molar-refractivity contribution in [1.29, 1.82) is 0 Å². The van der Waals surface area contributed by atoms with E-state index in [1.807, 2.05) is 76.3 Å². The van der Waals surface area contributed by atoms with E-state index in [2.05, 4.69) is 22.5 Å². The fourth-order valence-electron chi connectivity index (χ4n) is 4.85. The average Bonchev–Trinajstić information content (AvgIpc) is 3.52. The van der Waals surface area contributed by atoms with E-state index in [1.54, 1.807) is 18.3 Å². The summed E-state index contributed by atoms with van der Waals surface area (Å²) < 4.78 is 16.6. The van der Waals surface area contributed by atoms with Crippen LogP contribution in [0.3, 0.4) is 0 Å². The molecule has 3 heterocycles. The Balaban J connectivity index is 1.45. The third-order valence-electron chi connectivity index (χ3n) is 6.65. The Kier molecular flexibility index (Phi) is 7.28. The zero-order valence-electron chi connectivity index (χ0n) is 20.5. The Hall–Kier alpha value is -4.04. The highest BCUT2D eigenvalue weighted by molar-refractivity contribution is 7.80. The molecule has 0 saturated carbocycles. The van der Waals surface area contributed by atoms with Gasteiger partial charge in [-0.15, -0.1) is 0 Å². The Labute approximate surface area is 221 Å². The number of para-hydroxylation sites is 2. The van der Waals surface area contributed by atoms with Crippen molar-refractivity contribution in [3.8, 4) is 5.69 Å². The van der Waals surface area contributed by atoms with Gasteiger partial charge in [0.2, 0.25) is 5.91 Å². The number of nitrogens with one attached hydrogen (secondary N) is 2. The van der Waals surface area contributed by atoms with Crippen LogP contribution in [0.4, 0.5) is 10.1 Å². The molecule has 8 heteroatoms. The highest BCUT2D eigenvalue weighted by Gasteiger charge is 2.41. The molecule has 0 unspecified atom stereocenters. The number of pyridine rings is 1. The standard InChI is InChI=1S/C29H28FN5OS/c1-2-20-10-3-5-12-22(20)32-26(36)16-19-35-28(27(33-29(35)37)23-13-7-8-17-31-23)25-15-9-18-34(25)24-14-6-4-11-21(24)30/h3-15,17-18,27-28H,2,16,19H2,1H3,(H,32,36)(H,33,37)/t27-,28-/m1/s1. The molecule has 4 aromatic rings. The van der Waals surface area contributed by atoms with Gasteiger partial charge in [0.05, 0.1) is 23.5 Å². The Morgan fingerprint density at radius 3 is 2.62 bits per heavy atom. The van der Waals surface area contributed by atoms with Gasteiger partial charge in [-0.2, -0.15) is 0 Å². The molecule has 5 rings (SSSR count). The molecule has 0 bridgehead atoms. The molecule has 188 valence electrons. The topological polar surface area (TPSA) is 62.2 Å². The molecule has 1 amide bonds. The van der Waals surface area contributed by atoms with Gasteiger partial charge in [0.15, 0.2) is 5.11 Å². The Morgan fingerprint density at radius 2 is 1.84 bits per heavy atom. The van der Waals surface area contributed by atoms with Crippen molar-refractivity contribution in [2.75, 3.05) is 11.9 Å². The Morgan fingerprint density at radius 1 is 1.05 bits per heavy atom. The molecule has 2 N–H and O–H groups in total. The number of amides is 1. The number of rotatable bonds is 8. The minimum atomic E-state index is -0.316. The number of hydrogen-bond acceptors (Lipinski definition) is 3. The second kappa shape index (κ2) is 10.9. The highest BCUT2D eigenvalue weighted by atomic mass is 32.1. The maximum atomic E-state index is 14.8. The summed E-state index contributed by atoms with van der Waals surface area (Å²) in [4.78, 5) is 19.5. The monoisotopic (exact) mass is 513 g/mol. The highest BCUT2D eigenvalue weighted by Crippen LogP contribution is 2.39. The van der Waals surface area contributed by atoms with E-state index in [9.17, 15) is 9.18 Å². The fourth-order valence-corrected chi connectivity index (χ4v) is 5.19. The number of carbonyl (C=O) groups excluding carboxylic acids is 1. The van der Waals surface area contributed by atoms with Crippen molar-refractivity contribution in [2.24, 2.45) is 0 Å². The minimum Gasteiger partial charge on any atom is -0.352 e. The first-order chi connectivity index (χ1) is 18.1. The van der Waals surface area contributed by atoms with Crippen LogP contribution < -0.4 is 10.6 Å². The SMILES string of the molecule is CCc1ccccc1NC(=O)CCN1C(=S)N[C@H](c2ccccn2)[C@H]1c1cccn1-c1ccccc1F. The average molecular weight is 514 g/mol. The number of aromatic nitrogens is 2. The molecule has 1 aliphatic heterocycles. The molecule has 2 aromatic heterocycles. The third-order valence-corrected chi connectivity index (χ3v) is 7.00. The number of carbonyl (C=O) groups is 1. The van der Waals surface area contributed by atoms with Crippen LogP contribution in [0.25, 0.3) is 5.69 Å². The summed E-state index contributed by atoms with van der Waals surface area (Å²) in [6.45, 7) is 2.45. The number of aryl methyl sites for hydroxylation is 1. The van der Waals surface area contributed by atoms with Crippen LogP contribution in [0.5, 0.6) is 0 Å². The maximum absolute atomic E-state index is 14.8. The molecule has 1 aliphatic rings. The van der Waals surface area contributed by atoms with Gasteiger partial charge in [0, 0.05) is 36.7 Å². The second-order valence-electron chi connectivity index (χ2n) is 8.88. The predicted octanol–water partition coefficient (Wildman–Crippen LogP) is 5.58. The summed E-state index contributed by atoms with van der Waals surface area (Å²) >= 11 is 5.75. The first kappa shape index (κ1) is 24.6. The molecule has 2 atom stereocenters. The molecule has 1 fully saturated rings. The smallest absolute Gasteiger partial charge is 0.226 e. The lowest BCUT2D eigenvalue weighted by Crippen LogP contribution is -2.33. The largest absolute Gasteiger partial charge is 0.352 e. The van der Waals surface area contributed by atoms with E-state index < -0.39 is 0 Å². The van der Waals surface area contributed by atoms with Gasteiger partial charge in [0.1, 0.15) is 5.82 Å². The number of nitrogens with zero attached hydrogens (tertiary/aromatic N) is 3. The molecule has 0 aliphatic carbocycles. The lowest BCUT2D eigenvalue weighted by Gasteiger charge is -2.29. The summed E-state index contributed by atoms with van der Waals surface area (Å²) in [5, 5.41) is 6.97. The van der Waals surface area contributed by atoms with Crippen LogP contribution >= 0.6 is 12.2 Å². The molecule has 0 spiro atoms. The van der Waals surface area contributed by atoms with Crippen molar-refractivity contribution in [3.05, 3.63) is 114 Å². The summed E-state index contributed by atoms with van der Waals surface area (Å²) in [7, 11) is 0. The van der Waals surface area contributed by atoms with Gasteiger partial charge in [-0.1, -0.05) is 43.3 Å². The van der Waals surface area contributed by atoms with Gasteiger partial charge in [0.25, 0.3) is 0 Å². The quantitative estimate of drug-likeness (QED) is 0.302. The van der Waals surface area contributed by atoms with Crippen molar-refractivity contribution in [3.63, 3.8) is 0 Å². The Bertz CT molecular complexity index is 1410. The van der Waals surface area contributed by atoms with E-state index in [4.69, 9.17) is 12.2 Å². The van der Waals surface area contributed by atoms with Crippen LogP contribution in [0.2, 0.25) is 0 Å². The first-order valence-electron chi connectivity index (χ1n) is 12.3. The van der Waals surface area contributed by atoms with Crippen LogP contribution in [-0.2, 0) is 11.2 Å². The van der Waals surface area contributed by atoms with E-state index in [0.29, 0.717) is 17.3 Å². The van der Waals surface area contributed by atoms with Gasteiger partial charge < -0.3 is 20.1 Å². The molecule has 37 heavy (non-hydrogen) atoms. The van der Waals surface area contributed by atoms with Gasteiger partial charge in [-0.25, -0.2) is 4.39 Å². The third kappa shape index (κ3) is 5.11. The number of benzene rings is 2. The predicted molar refractivity (Wildman–Crippen MR) is 147 cm³/mol. The first-order valence-corrected chi connectivity index (χ1v) is 12.8. The normalized spacial score (nSPS) is 17.0. The van der Waals surface area contributed by atoms with Gasteiger partial charge >= 0.3 is 0 Å². The molecule has 2 aromatic carbocycles. The second-order valence-corrected chi connectivity index (χ2v) is 9.27. The summed E-state index contributed by atoms with van der Waals surface area (Å²) in [6, 6.07) is 23.5. The summed E-state index contributed by atoms with van der Waals surface area (Å²) in [6.07, 6.45) is 4.66. The molecule has 6 nitrogen and oxygen atoms in total. The maximum Gasteiger partial charge on any atom is 0.226 e. The van der Waals surface area contributed by atoms with Gasteiger partial charge in [-0.05, 0) is 66.7 Å². The number of hydrogen-bond donors (Lipinski definition) is 2. The fraction of sp³-hybridized carbons (Fsp3) is 0.207. The van der Waals surface area contributed by atoms with Crippen LogP contribution in [0.15, 0.2) is 91.3 Å². The lowest BCUT2D eigenvalue weighted by molar-refractivity contribution is -0.116. The summed E-state index contributed by atoms with van der Waals surface area (Å²) in [5.74, 6) is -0.406. The van der Waals surface area contributed by atoms with Crippen LogP contribution in [0, 0.1) is 5.82 Å². The molecule has 0 radical (unpaired) electrons. The van der Waals surface area contributed by atoms with Crippen molar-refractivity contribution in [2.45, 2.75) is 31.8 Å². The van der Waals surface area contributed by atoms with Crippen molar-refractivity contribution >= 4 is 28.9 Å². The van der Waals surface area contributed by atoms with Crippen molar-refractivity contribution in [1.82, 2.24) is 19.8 Å².